The van der Waals surface area contributed by atoms with Crippen molar-refractivity contribution in [3.63, 3.8) is 0 Å². The third-order valence-electron chi connectivity index (χ3n) is 1.47. The first-order chi connectivity index (χ1) is 5.37. The Morgan fingerprint density at radius 2 is 1.75 bits per heavy atom. The van der Waals surface area contributed by atoms with E-state index in [-0.39, 0.29) is 11.0 Å². The second-order valence-corrected chi connectivity index (χ2v) is 2.89. The van der Waals surface area contributed by atoms with Crippen LogP contribution in [-0.4, -0.2) is 33.3 Å². The molecule has 5 nitrogen and oxygen atoms in total. The first kappa shape index (κ1) is 10.9. The van der Waals surface area contributed by atoms with Gasteiger partial charge in [-0.05, 0) is 5.92 Å². The van der Waals surface area contributed by atoms with Crippen LogP contribution < -0.4 is 0 Å². The molecule has 0 bridgehead atoms. The van der Waals surface area contributed by atoms with Gasteiger partial charge in [0.2, 0.25) is 5.91 Å². The molecule has 1 unspecified atom stereocenters. The number of carbonyl (C=O) groups excluding carboxylic acids is 1. The lowest BCUT2D eigenvalue weighted by Crippen LogP contribution is -2.45. The molecule has 0 saturated carbocycles. The van der Waals surface area contributed by atoms with Gasteiger partial charge in [0, 0.05) is 6.92 Å². The van der Waals surface area contributed by atoms with Crippen molar-refractivity contribution in [1.29, 1.82) is 0 Å². The number of amides is 1. The highest BCUT2D eigenvalue weighted by atomic mass is 16.5. The minimum Gasteiger partial charge on any atom is -0.480 e. The molecule has 0 aromatic carbocycles. The zero-order valence-electron chi connectivity index (χ0n) is 7.31. The van der Waals surface area contributed by atoms with Crippen LogP contribution in [0.1, 0.15) is 20.8 Å². The van der Waals surface area contributed by atoms with E-state index >= 15 is 0 Å². The normalized spacial score (nSPS) is 12.8. The average molecular weight is 175 g/mol. The van der Waals surface area contributed by atoms with Gasteiger partial charge in [-0.2, -0.15) is 0 Å². The zero-order chi connectivity index (χ0) is 9.89. The highest BCUT2D eigenvalue weighted by molar-refractivity contribution is 5.81. The smallest absolute Gasteiger partial charge is 0.329 e. The standard InChI is InChI=1S/C7H13NO4/c1-4(2)6(7(10)11)8(12)5(3)9/h4,6,12H,1-3H3,(H,10,11). The molecule has 0 aliphatic heterocycles. The van der Waals surface area contributed by atoms with Crippen LogP contribution in [0.25, 0.3) is 0 Å². The summed E-state index contributed by atoms with van der Waals surface area (Å²) in [6.07, 6.45) is 0. The van der Waals surface area contributed by atoms with Crippen LogP contribution in [-0.2, 0) is 9.59 Å². The van der Waals surface area contributed by atoms with Crippen LogP contribution >= 0.6 is 0 Å². The fourth-order valence-corrected chi connectivity index (χ4v) is 0.868. The van der Waals surface area contributed by atoms with Crippen molar-refractivity contribution in [3.05, 3.63) is 0 Å². The zero-order valence-corrected chi connectivity index (χ0v) is 7.31. The van der Waals surface area contributed by atoms with Gasteiger partial charge in [-0.25, -0.2) is 9.86 Å². The molecule has 0 aliphatic carbocycles. The van der Waals surface area contributed by atoms with Gasteiger partial charge in [0.25, 0.3) is 0 Å². The summed E-state index contributed by atoms with van der Waals surface area (Å²) < 4.78 is 0. The second kappa shape index (κ2) is 4.06. The van der Waals surface area contributed by atoms with Gasteiger partial charge in [-0.15, -0.1) is 0 Å². The van der Waals surface area contributed by atoms with Gasteiger partial charge in [0.15, 0.2) is 6.04 Å². The molecule has 70 valence electrons. The summed E-state index contributed by atoms with van der Waals surface area (Å²) in [7, 11) is 0. The largest absolute Gasteiger partial charge is 0.480 e. The van der Waals surface area contributed by atoms with Crippen molar-refractivity contribution in [2.45, 2.75) is 26.8 Å². The van der Waals surface area contributed by atoms with E-state index in [1.54, 1.807) is 13.8 Å². The Labute approximate surface area is 70.6 Å². The lowest BCUT2D eigenvalue weighted by molar-refractivity contribution is -0.188. The number of hydrogen-bond acceptors (Lipinski definition) is 3. The lowest BCUT2D eigenvalue weighted by atomic mass is 10.0. The molecule has 2 N–H and O–H groups in total. The molecular formula is C7H13NO4. The molecule has 0 saturated heterocycles. The average Bonchev–Trinajstić information content (AvgIpc) is 1.85. The number of carbonyl (C=O) groups is 2. The maximum absolute atomic E-state index is 10.6. The molecule has 0 rings (SSSR count). The summed E-state index contributed by atoms with van der Waals surface area (Å²) >= 11 is 0. The summed E-state index contributed by atoms with van der Waals surface area (Å²) in [4.78, 5) is 21.1. The quantitative estimate of drug-likeness (QED) is 0.478. The van der Waals surface area contributed by atoms with Crippen molar-refractivity contribution >= 4 is 11.9 Å². The van der Waals surface area contributed by atoms with Gasteiger partial charge in [-0.3, -0.25) is 10.0 Å². The number of carboxylic acid groups (broad SMARTS) is 1. The molecule has 0 heterocycles. The molecule has 0 radical (unpaired) electrons. The number of aliphatic carboxylic acids is 1. The Bertz CT molecular complexity index is 190. The summed E-state index contributed by atoms with van der Waals surface area (Å²) in [5.41, 5.74) is 0. The van der Waals surface area contributed by atoms with Gasteiger partial charge >= 0.3 is 5.97 Å². The Kier molecular flexibility index (Phi) is 3.69. The van der Waals surface area contributed by atoms with Crippen molar-refractivity contribution in [3.8, 4) is 0 Å². The monoisotopic (exact) mass is 175 g/mol. The van der Waals surface area contributed by atoms with Gasteiger partial charge in [-0.1, -0.05) is 13.8 Å². The maximum atomic E-state index is 10.6. The highest BCUT2D eigenvalue weighted by Crippen LogP contribution is 2.08. The van der Waals surface area contributed by atoms with Crippen molar-refractivity contribution in [2.75, 3.05) is 0 Å². The van der Waals surface area contributed by atoms with Crippen molar-refractivity contribution < 1.29 is 19.9 Å². The molecule has 0 aromatic heterocycles. The SMILES string of the molecule is CC(=O)N(O)C(C(=O)O)C(C)C. The minimum absolute atomic E-state index is 0.243. The fraction of sp³-hybridized carbons (Fsp3) is 0.714. The lowest BCUT2D eigenvalue weighted by Gasteiger charge is -2.23. The first-order valence-corrected chi connectivity index (χ1v) is 3.59. The van der Waals surface area contributed by atoms with E-state index in [2.05, 4.69) is 0 Å². The van der Waals surface area contributed by atoms with Gasteiger partial charge in [0.05, 0.1) is 0 Å². The van der Waals surface area contributed by atoms with Gasteiger partial charge < -0.3 is 5.11 Å². The fourth-order valence-electron chi connectivity index (χ4n) is 0.868. The third kappa shape index (κ3) is 2.50. The molecule has 5 heteroatoms. The molecule has 0 spiro atoms. The molecule has 1 amide bonds. The van der Waals surface area contributed by atoms with E-state index in [0.717, 1.165) is 6.92 Å². The minimum atomic E-state index is -1.21. The Hall–Kier alpha value is -1.10. The summed E-state index contributed by atoms with van der Waals surface area (Å²) in [6.45, 7) is 4.34. The number of hydroxylamine groups is 2. The topological polar surface area (TPSA) is 77.8 Å². The molecule has 0 aromatic rings. The second-order valence-electron chi connectivity index (χ2n) is 2.89. The first-order valence-electron chi connectivity index (χ1n) is 3.59. The summed E-state index contributed by atoms with van der Waals surface area (Å²) in [6, 6.07) is -1.16. The van der Waals surface area contributed by atoms with Crippen LogP contribution in [0.4, 0.5) is 0 Å². The number of nitrogens with zero attached hydrogens (tertiary/aromatic N) is 1. The maximum Gasteiger partial charge on any atom is 0.329 e. The predicted molar refractivity (Wildman–Crippen MR) is 40.6 cm³/mol. The van der Waals surface area contributed by atoms with E-state index in [1.807, 2.05) is 0 Å². The Balaban J connectivity index is 4.51. The summed E-state index contributed by atoms with van der Waals surface area (Å²) in [5, 5.41) is 17.9. The van der Waals surface area contributed by atoms with Crippen LogP contribution in [0.3, 0.4) is 0 Å². The summed E-state index contributed by atoms with van der Waals surface area (Å²) in [5.74, 6) is -2.20. The van der Waals surface area contributed by atoms with Crippen molar-refractivity contribution in [2.24, 2.45) is 5.92 Å². The van der Waals surface area contributed by atoms with E-state index in [9.17, 15) is 9.59 Å². The van der Waals surface area contributed by atoms with Crippen LogP contribution in [0.2, 0.25) is 0 Å². The van der Waals surface area contributed by atoms with Gasteiger partial charge in [0.1, 0.15) is 0 Å². The Morgan fingerprint density at radius 1 is 1.33 bits per heavy atom. The van der Waals surface area contributed by atoms with Crippen LogP contribution in [0, 0.1) is 5.92 Å². The van der Waals surface area contributed by atoms with E-state index in [4.69, 9.17) is 10.3 Å². The van der Waals surface area contributed by atoms with E-state index in [1.165, 1.54) is 0 Å². The van der Waals surface area contributed by atoms with E-state index < -0.39 is 17.9 Å². The molecule has 12 heavy (non-hydrogen) atoms. The van der Waals surface area contributed by atoms with Crippen LogP contribution in [0.5, 0.6) is 0 Å². The number of rotatable bonds is 3. The number of carboxylic acids is 1. The van der Waals surface area contributed by atoms with Crippen molar-refractivity contribution in [1.82, 2.24) is 5.06 Å². The predicted octanol–water partition coefficient (Wildman–Crippen LogP) is 0.333. The van der Waals surface area contributed by atoms with E-state index in [0.29, 0.717) is 0 Å². The highest BCUT2D eigenvalue weighted by Gasteiger charge is 2.29. The Morgan fingerprint density at radius 3 is 1.83 bits per heavy atom. The molecular weight excluding hydrogens is 162 g/mol. The molecule has 0 fully saturated rings. The van der Waals surface area contributed by atoms with Crippen LogP contribution in [0.15, 0.2) is 0 Å². The third-order valence-corrected chi connectivity index (χ3v) is 1.47. The number of hydrogen-bond donors (Lipinski definition) is 2. The molecule has 1 atom stereocenters. The molecule has 0 aliphatic rings.